The fourth-order valence-electron chi connectivity index (χ4n) is 8.01. The smallest absolute Gasteiger partial charge is 0.135 e. The van der Waals surface area contributed by atoms with Crippen LogP contribution in [-0.2, 0) is 26.5 Å². The molecule has 9 aromatic rings. The summed E-state index contributed by atoms with van der Waals surface area (Å²) in [5, 5.41) is 2.15. The largest absolute Gasteiger partial charge is 0.509 e. The molecule has 1 aliphatic rings. The van der Waals surface area contributed by atoms with Gasteiger partial charge in [0, 0.05) is 78.5 Å². The van der Waals surface area contributed by atoms with Crippen LogP contribution in [0, 0.1) is 30.4 Å². The Balaban J connectivity index is 0.00000462. The van der Waals surface area contributed by atoms with Crippen LogP contribution in [0.15, 0.2) is 164 Å². The fourth-order valence-corrected chi connectivity index (χ4v) is 8.01. The van der Waals surface area contributed by atoms with Crippen molar-refractivity contribution in [1.29, 1.82) is 0 Å². The number of ether oxygens (including phenoxy) is 1. The number of fused-ring (bicyclic) bond motifs is 4. The topological polar surface area (TPSA) is 33.5 Å². The third kappa shape index (κ3) is 7.03. The molecule has 1 aliphatic heterocycles. The third-order valence-electron chi connectivity index (χ3n) is 10.8. The van der Waals surface area contributed by atoms with Crippen molar-refractivity contribution in [3.05, 3.63) is 200 Å². The Morgan fingerprint density at radius 3 is 2.03 bits per heavy atom. The van der Waals surface area contributed by atoms with Crippen LogP contribution in [0.1, 0.15) is 26.3 Å². The summed E-state index contributed by atoms with van der Waals surface area (Å²) in [4.78, 5) is 8.95. The zero-order valence-electron chi connectivity index (χ0n) is 32.9. The first-order valence-corrected chi connectivity index (χ1v) is 19.5. The number of hydrogen-bond acceptors (Lipinski definition) is 4. The first-order valence-electron chi connectivity index (χ1n) is 19.5. The van der Waals surface area contributed by atoms with Gasteiger partial charge in [0.15, 0.2) is 0 Å². The number of benzene rings is 7. The molecule has 0 atom stereocenters. The molecule has 10 rings (SSSR count). The van der Waals surface area contributed by atoms with Crippen molar-refractivity contribution < 1.29 is 34.6 Å². The molecular formula is C52H37F2N4OPt-3. The molecule has 3 heterocycles. The minimum atomic E-state index is -0.640. The maximum atomic E-state index is 14.7. The first kappa shape index (κ1) is 38.9. The van der Waals surface area contributed by atoms with Crippen LogP contribution in [0.2, 0.25) is 0 Å². The van der Waals surface area contributed by atoms with E-state index >= 15 is 0 Å². The van der Waals surface area contributed by atoms with Gasteiger partial charge in [-0.1, -0.05) is 105 Å². The first-order chi connectivity index (χ1) is 28.7. The van der Waals surface area contributed by atoms with Crippen LogP contribution in [0.4, 0.5) is 31.5 Å². The second kappa shape index (κ2) is 15.6. The van der Waals surface area contributed by atoms with Gasteiger partial charge in [-0.15, -0.1) is 48.1 Å². The van der Waals surface area contributed by atoms with Gasteiger partial charge >= 0.3 is 0 Å². The van der Waals surface area contributed by atoms with E-state index < -0.39 is 11.6 Å². The summed E-state index contributed by atoms with van der Waals surface area (Å²) in [6, 6.07) is 57.0. The van der Waals surface area contributed by atoms with E-state index in [4.69, 9.17) is 9.72 Å². The van der Waals surface area contributed by atoms with Gasteiger partial charge in [-0.2, -0.15) is 12.1 Å². The van der Waals surface area contributed by atoms with E-state index in [0.29, 0.717) is 22.6 Å². The molecule has 0 amide bonds. The van der Waals surface area contributed by atoms with Crippen LogP contribution in [0.5, 0.6) is 11.5 Å². The number of pyridine rings is 1. The van der Waals surface area contributed by atoms with Crippen LogP contribution in [0.25, 0.3) is 49.9 Å². The molecule has 0 aliphatic carbocycles. The van der Waals surface area contributed by atoms with Crippen LogP contribution < -0.4 is 14.5 Å². The molecule has 2 aromatic heterocycles. The zero-order chi connectivity index (χ0) is 40.3. The molecule has 0 saturated carbocycles. The molecule has 0 N–H and O–H groups in total. The van der Waals surface area contributed by atoms with Crippen molar-refractivity contribution in [3.63, 3.8) is 0 Å². The number of anilines is 4. The number of halogens is 2. The normalized spacial score (nSPS) is 12.5. The van der Waals surface area contributed by atoms with Crippen molar-refractivity contribution in [3.8, 4) is 39.6 Å². The van der Waals surface area contributed by atoms with Gasteiger partial charge in [-0.05, 0) is 70.0 Å². The monoisotopic (exact) mass is 966 g/mol. The van der Waals surface area contributed by atoms with Crippen molar-refractivity contribution in [2.45, 2.75) is 26.2 Å². The summed E-state index contributed by atoms with van der Waals surface area (Å²) in [7, 11) is 0. The van der Waals surface area contributed by atoms with Gasteiger partial charge in [0.2, 0.25) is 0 Å². The molecule has 298 valence electrons. The van der Waals surface area contributed by atoms with E-state index in [1.165, 1.54) is 17.7 Å². The maximum Gasteiger partial charge on any atom is 0.135 e. The zero-order valence-corrected chi connectivity index (χ0v) is 35.2. The van der Waals surface area contributed by atoms with E-state index in [2.05, 4.69) is 77.6 Å². The minimum Gasteiger partial charge on any atom is -0.509 e. The molecule has 0 spiro atoms. The van der Waals surface area contributed by atoms with E-state index in [0.717, 1.165) is 67.6 Å². The third-order valence-corrected chi connectivity index (χ3v) is 10.8. The Bertz CT molecular complexity index is 3030. The summed E-state index contributed by atoms with van der Waals surface area (Å²) in [6.07, 6.45) is 1.87. The van der Waals surface area contributed by atoms with E-state index in [1.807, 2.05) is 122 Å². The Morgan fingerprint density at radius 2 is 1.27 bits per heavy atom. The number of nitrogens with zero attached hydrogens (tertiary/aromatic N) is 4. The van der Waals surface area contributed by atoms with Gasteiger partial charge in [-0.3, -0.25) is 0 Å². The van der Waals surface area contributed by atoms with Crippen molar-refractivity contribution >= 4 is 44.6 Å². The Kier molecular flexibility index (Phi) is 10.1. The Morgan fingerprint density at radius 1 is 0.600 bits per heavy atom. The Hall–Kier alpha value is -6.56. The molecule has 8 heteroatoms. The number of aromatic nitrogens is 2. The molecule has 0 bridgehead atoms. The van der Waals surface area contributed by atoms with Crippen LogP contribution in [-0.4, -0.2) is 9.55 Å². The number of rotatable bonds is 7. The van der Waals surface area contributed by atoms with Crippen molar-refractivity contribution in [1.82, 2.24) is 9.55 Å². The second-order valence-electron chi connectivity index (χ2n) is 15.7. The number of para-hydroxylation sites is 4. The van der Waals surface area contributed by atoms with Gasteiger partial charge in [0.1, 0.15) is 17.5 Å². The van der Waals surface area contributed by atoms with Crippen molar-refractivity contribution in [2.75, 3.05) is 9.80 Å². The molecule has 0 radical (unpaired) electrons. The van der Waals surface area contributed by atoms with Gasteiger partial charge in [0.25, 0.3) is 0 Å². The predicted octanol–water partition coefficient (Wildman–Crippen LogP) is 13.9. The summed E-state index contributed by atoms with van der Waals surface area (Å²) in [6.45, 7) is 8.60. The van der Waals surface area contributed by atoms with Crippen LogP contribution >= 0.6 is 0 Å². The number of hydrogen-bond donors (Lipinski definition) is 0. The minimum absolute atomic E-state index is 0. The fraction of sp³-hybridized carbons (Fsp3) is 0.0769. The molecule has 60 heavy (non-hydrogen) atoms. The van der Waals surface area contributed by atoms with E-state index in [9.17, 15) is 8.78 Å². The summed E-state index contributed by atoms with van der Waals surface area (Å²) in [5.41, 5.74) is 9.36. The molecule has 0 saturated heterocycles. The van der Waals surface area contributed by atoms with Crippen LogP contribution in [0.3, 0.4) is 0 Å². The second-order valence-corrected chi connectivity index (χ2v) is 15.7. The Labute approximate surface area is 362 Å². The molecule has 0 unspecified atom stereocenters. The quantitative estimate of drug-likeness (QED) is 0.149. The van der Waals surface area contributed by atoms with Crippen molar-refractivity contribution in [2.24, 2.45) is 0 Å². The predicted molar refractivity (Wildman–Crippen MR) is 234 cm³/mol. The maximum absolute atomic E-state index is 14.7. The van der Waals surface area contributed by atoms with Gasteiger partial charge < -0.3 is 19.1 Å². The van der Waals surface area contributed by atoms with Gasteiger partial charge in [0.05, 0.1) is 0 Å². The molecule has 5 nitrogen and oxygen atoms in total. The van der Waals surface area contributed by atoms with Gasteiger partial charge in [-0.25, -0.2) is 13.8 Å². The van der Waals surface area contributed by atoms with E-state index in [1.54, 1.807) is 0 Å². The molecule has 7 aromatic carbocycles. The SMILES string of the molecule is CC(C)(C)c1ccnc(-n2c3[c-]c(Oc4[c-]c(N5[CH-]N(c6c(-c7ccccc7)cccc6-c6cc(F)cc(F)c6)c6ccccc65)ccc4)ccc3c3ccccc32)c1.[Pt]. The van der Waals surface area contributed by atoms with E-state index in [-0.39, 0.29) is 26.5 Å². The average Bonchev–Trinajstić information content (AvgIpc) is 3.79. The molecular weight excluding hydrogens is 930 g/mol. The summed E-state index contributed by atoms with van der Waals surface area (Å²) >= 11 is 0. The average molecular weight is 967 g/mol. The summed E-state index contributed by atoms with van der Waals surface area (Å²) in [5.74, 6) is 0.591. The summed E-state index contributed by atoms with van der Waals surface area (Å²) < 4.78 is 38.2. The molecule has 0 fully saturated rings. The standard InChI is InChI=1S/C52H37F2N4O.Pt/c1-52(2,3)36-25-26-55-50(29-36)58-46-20-8-7-17-44(46)45-24-23-41(32-49(45)58)59-40-16-11-15-39(31-40)56-33-57(48-22-10-9-21-47(48)56)51-42(34-13-5-4-6-14-34)18-12-19-43(51)35-27-37(53)30-38(54)28-35;/h4-30,33H,1-3H3;/q-3;.